The molecule has 3 N–H and O–H groups in total. The molecule has 2 unspecified atom stereocenters. The second-order valence-electron chi connectivity index (χ2n) is 21.3. The van der Waals surface area contributed by atoms with E-state index in [9.17, 15) is 47.1 Å². The number of methoxy groups -OCH3 is 1. The molecule has 3 aliphatic heterocycles. The van der Waals surface area contributed by atoms with Gasteiger partial charge in [-0.3, -0.25) is 34.1 Å². The largest absolute Gasteiger partial charge is 0.748 e. The first-order valence-corrected chi connectivity index (χ1v) is 29.8. The standard InChI is InChI=1S/C56H69BF2N8O15S2/c1-37-32-41(63-45(37)35-46-40(12-11-31-84(75,76)77)33-48(51-14-10-30-83-51)64(46)57(63,58)59)19-16-39-17-20-42(21-18-39)79-28-9-15-52(68)62-44(13-7-8-27-67(3,4)5)55(71)61-25-24-60-26-29-80-50-36-47(66(73)74)43(34-49(50)78-6)38(2)81-56(72)82-65-53(69)22-23-54(65)70/h10,14,16-21,30,32-36,38,44,60H,7-9,11-13,15,22-29,31H2,1-6H3,(H2-,61,62,68,71,75,76,77)/b19-16+. The summed E-state index contributed by atoms with van der Waals surface area (Å²) in [4.78, 5) is 79.4. The minimum atomic E-state index is -4.47. The van der Waals surface area contributed by atoms with E-state index in [1.54, 1.807) is 79.1 Å². The fourth-order valence-electron chi connectivity index (χ4n) is 9.73. The Morgan fingerprint density at radius 3 is 2.35 bits per heavy atom. The molecule has 0 radical (unpaired) electrons. The highest BCUT2D eigenvalue weighted by molar-refractivity contribution is 7.85. The zero-order valence-corrected chi connectivity index (χ0v) is 49.2. The molecule has 0 bridgehead atoms. The first-order valence-electron chi connectivity index (χ1n) is 27.4. The summed E-state index contributed by atoms with van der Waals surface area (Å²) in [6.07, 6.45) is 6.29. The smallest absolute Gasteiger partial charge is 0.737 e. The van der Waals surface area contributed by atoms with Crippen LogP contribution in [-0.4, -0.2) is 158 Å². The number of amides is 4. The molecule has 84 heavy (non-hydrogen) atoms. The monoisotopic (exact) mass is 1210 g/mol. The summed E-state index contributed by atoms with van der Waals surface area (Å²) in [6, 6.07) is 13.9. The van der Waals surface area contributed by atoms with E-state index in [-0.39, 0.29) is 98.7 Å². The number of thiophene rings is 1. The van der Waals surface area contributed by atoms with Gasteiger partial charge in [0.25, 0.3) is 17.5 Å². The summed E-state index contributed by atoms with van der Waals surface area (Å²) in [6.45, 7) is 0.550. The molecule has 28 heteroatoms. The molecule has 5 heterocycles. The Kier molecular flexibility index (Phi) is 21.4. The van der Waals surface area contributed by atoms with Gasteiger partial charge in [0.05, 0.1) is 73.0 Å². The number of allylic oxidation sites excluding steroid dienone is 2. The number of imide groups is 1. The molecule has 2 aromatic heterocycles. The van der Waals surface area contributed by atoms with Gasteiger partial charge < -0.3 is 61.5 Å². The van der Waals surface area contributed by atoms with Crippen LogP contribution in [0.3, 0.4) is 0 Å². The lowest BCUT2D eigenvalue weighted by Crippen LogP contribution is -2.51. The summed E-state index contributed by atoms with van der Waals surface area (Å²) in [5.74, 6) is -2.06. The Morgan fingerprint density at radius 1 is 0.940 bits per heavy atom. The molecule has 3 aliphatic rings. The van der Waals surface area contributed by atoms with E-state index in [0.29, 0.717) is 64.0 Å². The van der Waals surface area contributed by atoms with Gasteiger partial charge >= 0.3 is 13.1 Å². The van der Waals surface area contributed by atoms with Crippen LogP contribution in [0.1, 0.15) is 104 Å². The number of aromatic nitrogens is 1. The molecule has 1 saturated heterocycles. The van der Waals surface area contributed by atoms with Gasteiger partial charge in [-0.15, -0.1) is 11.3 Å². The quantitative estimate of drug-likeness (QED) is 0.00677. The summed E-state index contributed by atoms with van der Waals surface area (Å²) in [5.41, 5.74) is 2.54. The summed E-state index contributed by atoms with van der Waals surface area (Å²) < 4.78 is 93.0. The summed E-state index contributed by atoms with van der Waals surface area (Å²) >= 11 is 1.31. The Morgan fingerprint density at radius 2 is 1.68 bits per heavy atom. The SMILES string of the molecule is COc1cc(C(C)OC(=O)ON2C(=O)CCC2=O)c([N+](=O)[O-])cc1OCCNCCNC(=O)C(CCCC[N+](C)(C)C)NC(=O)CCCOc1ccc(/C=C/c2cc(C)c3n2[B-](F)(F)[N+]2=C(c4cccs4)C=C(CCCS(=O)(=O)[O-])C2=C3)cc1. The third-order valence-corrected chi connectivity index (χ3v) is 15.6. The highest BCUT2D eigenvalue weighted by Crippen LogP contribution is 2.41. The number of halogens is 2. The number of benzene rings is 2. The fourth-order valence-corrected chi connectivity index (χ4v) is 11.0. The van der Waals surface area contributed by atoms with Gasteiger partial charge in [-0.25, -0.2) is 13.2 Å². The molecule has 1 fully saturated rings. The fraction of sp³-hybridized carbons (Fsp3) is 0.429. The third-order valence-electron chi connectivity index (χ3n) is 13.9. The number of fused-ring (bicyclic) bond motifs is 2. The van der Waals surface area contributed by atoms with E-state index in [4.69, 9.17) is 23.8 Å². The minimum absolute atomic E-state index is 0.00252. The second-order valence-corrected chi connectivity index (χ2v) is 23.7. The van der Waals surface area contributed by atoms with Crippen molar-refractivity contribution >= 4 is 87.8 Å². The number of nitrogens with zero attached hydrogens (tertiary/aromatic N) is 5. The van der Waals surface area contributed by atoms with Crippen LogP contribution in [0.4, 0.5) is 19.1 Å². The van der Waals surface area contributed by atoms with Crippen molar-refractivity contribution in [2.45, 2.75) is 83.8 Å². The van der Waals surface area contributed by atoms with Crippen molar-refractivity contribution < 1.29 is 83.3 Å². The lowest BCUT2D eigenvalue weighted by Gasteiger charge is -2.31. The maximum absolute atomic E-state index is 16.9. The van der Waals surface area contributed by atoms with Crippen molar-refractivity contribution in [2.24, 2.45) is 0 Å². The van der Waals surface area contributed by atoms with Gasteiger partial charge in [0.1, 0.15) is 24.5 Å². The van der Waals surface area contributed by atoms with Crippen molar-refractivity contribution in [3.05, 3.63) is 120 Å². The number of aryl methyl sites for hydroxylation is 1. The van der Waals surface area contributed by atoms with Crippen molar-refractivity contribution in [3.8, 4) is 17.2 Å². The van der Waals surface area contributed by atoms with E-state index < -0.39 is 63.6 Å². The molecule has 0 spiro atoms. The van der Waals surface area contributed by atoms with Crippen molar-refractivity contribution in [2.75, 3.05) is 73.4 Å². The predicted octanol–water partition coefficient (Wildman–Crippen LogP) is 6.87. The molecule has 4 aromatic rings. The molecular weight excluding hydrogens is 1140 g/mol. The van der Waals surface area contributed by atoms with Crippen LogP contribution in [0, 0.1) is 17.0 Å². The number of ether oxygens (including phenoxy) is 4. The number of hydrogen-bond acceptors (Lipinski definition) is 17. The Hall–Kier alpha value is -7.79. The number of unbranched alkanes of at least 4 members (excludes halogenated alkanes) is 1. The van der Waals surface area contributed by atoms with Gasteiger partial charge in [0, 0.05) is 73.8 Å². The van der Waals surface area contributed by atoms with Crippen LogP contribution in [-0.2, 0) is 38.9 Å². The van der Waals surface area contributed by atoms with Crippen LogP contribution < -0.4 is 30.2 Å². The topological polar surface area (TPSA) is 279 Å². The molecule has 4 amide bonds. The Labute approximate surface area is 489 Å². The number of carbonyl (C=O) groups is 5. The number of rotatable bonds is 31. The van der Waals surface area contributed by atoms with E-state index in [2.05, 4.69) is 37.1 Å². The third kappa shape index (κ3) is 16.9. The number of nitro benzene ring substituents is 1. The van der Waals surface area contributed by atoms with E-state index in [1.807, 2.05) is 0 Å². The highest BCUT2D eigenvalue weighted by atomic mass is 32.2. The predicted molar refractivity (Wildman–Crippen MR) is 308 cm³/mol. The van der Waals surface area contributed by atoms with Crippen molar-refractivity contribution in [1.29, 1.82) is 0 Å². The number of nitrogens with one attached hydrogen (secondary N) is 3. The molecule has 0 aliphatic carbocycles. The van der Waals surface area contributed by atoms with Gasteiger partial charge in [0.2, 0.25) is 11.8 Å². The van der Waals surface area contributed by atoms with E-state index >= 15 is 8.63 Å². The zero-order valence-electron chi connectivity index (χ0n) is 47.6. The van der Waals surface area contributed by atoms with Crippen LogP contribution >= 0.6 is 11.3 Å². The van der Waals surface area contributed by atoms with Crippen LogP contribution in [0.5, 0.6) is 17.2 Å². The van der Waals surface area contributed by atoms with Gasteiger partial charge in [-0.05, 0) is 105 Å². The first kappa shape index (κ1) is 63.8. The first-order chi connectivity index (χ1) is 39.8. The van der Waals surface area contributed by atoms with E-state index in [0.717, 1.165) is 38.0 Å². The molecule has 23 nitrogen and oxygen atoms in total. The number of carbonyl (C=O) groups excluding carboxylic acids is 5. The molecule has 452 valence electrons. The van der Waals surface area contributed by atoms with Crippen molar-refractivity contribution in [1.82, 2.24) is 25.5 Å². The highest BCUT2D eigenvalue weighted by Gasteiger charge is 2.54. The van der Waals surface area contributed by atoms with Crippen LogP contribution in [0.2, 0.25) is 0 Å². The molecular formula is C56H69BF2N8O15S2. The number of quaternary nitrogens is 1. The summed E-state index contributed by atoms with van der Waals surface area (Å²) in [5, 5.41) is 23.0. The van der Waals surface area contributed by atoms with Gasteiger partial charge in [-0.2, -0.15) is 0 Å². The van der Waals surface area contributed by atoms with Gasteiger partial charge in [-0.1, -0.05) is 29.3 Å². The van der Waals surface area contributed by atoms with Crippen molar-refractivity contribution in [3.63, 3.8) is 0 Å². The maximum Gasteiger partial charge on any atom is 0.737 e. The normalized spacial score (nSPS) is 15.5. The molecule has 0 saturated carbocycles. The number of hydrogen-bond donors (Lipinski definition) is 3. The maximum atomic E-state index is 16.9. The molecule has 2 aromatic carbocycles. The Bertz CT molecular complexity index is 3330. The van der Waals surface area contributed by atoms with Crippen LogP contribution in [0.15, 0.2) is 77.3 Å². The number of nitro groups is 1. The lowest BCUT2D eigenvalue weighted by atomic mass is 9.88. The Balaban J connectivity index is 0.865. The molecule has 2 atom stereocenters. The average molecular weight is 1210 g/mol. The van der Waals surface area contributed by atoms with E-state index in [1.165, 1.54) is 31.4 Å². The second kappa shape index (κ2) is 28.2. The lowest BCUT2D eigenvalue weighted by molar-refractivity contribution is -0.870. The minimum Gasteiger partial charge on any atom is -0.748 e. The van der Waals surface area contributed by atoms with Gasteiger partial charge in [0.15, 0.2) is 22.9 Å². The zero-order chi connectivity index (χ0) is 60.9. The number of hydroxylamine groups is 2. The average Bonchev–Trinajstić information content (AvgIpc) is 1.60. The molecule has 7 rings (SSSR count). The summed E-state index contributed by atoms with van der Waals surface area (Å²) in [7, 11) is 3.07. The van der Waals surface area contributed by atoms with Crippen LogP contribution in [0.25, 0.3) is 18.2 Å².